The van der Waals surface area contributed by atoms with Crippen molar-refractivity contribution in [2.24, 2.45) is 0 Å². The highest BCUT2D eigenvalue weighted by Gasteiger charge is 2.10. The topological polar surface area (TPSA) is 57.8 Å². The summed E-state index contributed by atoms with van der Waals surface area (Å²) in [6, 6.07) is 7.71. The molecular formula is C11H13N3O. The van der Waals surface area contributed by atoms with Crippen LogP contribution in [0.5, 0.6) is 0 Å². The fraction of sp³-hybridized carbons (Fsp3) is 0.273. The summed E-state index contributed by atoms with van der Waals surface area (Å²) in [5, 5.41) is 2.79. The number of amides is 1. The monoisotopic (exact) mass is 203 g/mol. The largest absolute Gasteiger partial charge is 0.347 e. The van der Waals surface area contributed by atoms with Gasteiger partial charge in [-0.15, -0.1) is 0 Å². The zero-order valence-electron chi connectivity index (χ0n) is 8.74. The van der Waals surface area contributed by atoms with Crippen LogP contribution < -0.4 is 5.32 Å². The van der Waals surface area contributed by atoms with Gasteiger partial charge in [0.2, 0.25) is 5.91 Å². The van der Waals surface area contributed by atoms with Crippen molar-refractivity contribution in [3.05, 3.63) is 30.1 Å². The summed E-state index contributed by atoms with van der Waals surface area (Å²) < 4.78 is 0. The lowest BCUT2D eigenvalue weighted by Crippen LogP contribution is -2.24. The maximum Gasteiger partial charge on any atom is 0.217 e. The number of rotatable bonds is 2. The van der Waals surface area contributed by atoms with E-state index in [4.69, 9.17) is 0 Å². The van der Waals surface area contributed by atoms with Gasteiger partial charge in [0.15, 0.2) is 0 Å². The first kappa shape index (κ1) is 9.71. The SMILES string of the molecule is CC(=O)N[C@@H](C)c1nc2ccccc2[nH]1. The fourth-order valence-electron chi connectivity index (χ4n) is 1.55. The average Bonchev–Trinajstić information content (AvgIpc) is 2.59. The molecule has 4 heteroatoms. The van der Waals surface area contributed by atoms with Gasteiger partial charge >= 0.3 is 0 Å². The third kappa shape index (κ3) is 1.98. The molecule has 1 aromatic heterocycles. The average molecular weight is 203 g/mol. The first-order valence-electron chi connectivity index (χ1n) is 4.88. The number of carbonyl (C=O) groups is 1. The van der Waals surface area contributed by atoms with Crippen molar-refractivity contribution >= 4 is 16.9 Å². The van der Waals surface area contributed by atoms with E-state index in [0.717, 1.165) is 16.9 Å². The Morgan fingerprint density at radius 1 is 1.47 bits per heavy atom. The lowest BCUT2D eigenvalue weighted by atomic mass is 10.3. The van der Waals surface area contributed by atoms with Crippen LogP contribution in [0.1, 0.15) is 25.7 Å². The molecule has 0 aliphatic carbocycles. The number of hydrogen-bond acceptors (Lipinski definition) is 2. The molecule has 0 spiro atoms. The van der Waals surface area contributed by atoms with Crippen LogP contribution in [0.3, 0.4) is 0 Å². The van der Waals surface area contributed by atoms with Crippen LogP contribution in [0.25, 0.3) is 11.0 Å². The van der Waals surface area contributed by atoms with Crippen LogP contribution in [0, 0.1) is 0 Å². The van der Waals surface area contributed by atoms with E-state index < -0.39 is 0 Å². The van der Waals surface area contributed by atoms with E-state index in [1.807, 2.05) is 31.2 Å². The number of nitrogens with one attached hydrogen (secondary N) is 2. The zero-order chi connectivity index (χ0) is 10.8. The maximum absolute atomic E-state index is 10.9. The molecule has 0 bridgehead atoms. The van der Waals surface area contributed by atoms with Crippen molar-refractivity contribution < 1.29 is 4.79 Å². The normalized spacial score (nSPS) is 12.7. The van der Waals surface area contributed by atoms with Gasteiger partial charge in [0.05, 0.1) is 17.1 Å². The molecule has 2 rings (SSSR count). The maximum atomic E-state index is 10.9. The number of carbonyl (C=O) groups excluding carboxylic acids is 1. The molecule has 2 aromatic rings. The Balaban J connectivity index is 2.32. The molecule has 0 aliphatic rings. The zero-order valence-corrected chi connectivity index (χ0v) is 8.74. The van der Waals surface area contributed by atoms with Gasteiger partial charge in [0.25, 0.3) is 0 Å². The standard InChI is InChI=1S/C11H13N3O/c1-7(12-8(2)15)11-13-9-5-3-4-6-10(9)14-11/h3-7H,1-2H3,(H,12,15)(H,13,14)/t7-/m0/s1. The van der Waals surface area contributed by atoms with E-state index in [0.29, 0.717) is 0 Å². The summed E-state index contributed by atoms with van der Waals surface area (Å²) in [5.41, 5.74) is 1.91. The second-order valence-corrected chi connectivity index (χ2v) is 3.56. The predicted octanol–water partition coefficient (Wildman–Crippen LogP) is 1.76. The molecule has 4 nitrogen and oxygen atoms in total. The smallest absolute Gasteiger partial charge is 0.217 e. The highest BCUT2D eigenvalue weighted by molar-refractivity contribution is 5.76. The van der Waals surface area contributed by atoms with E-state index in [1.165, 1.54) is 6.92 Å². The molecule has 2 N–H and O–H groups in total. The third-order valence-electron chi connectivity index (χ3n) is 2.24. The first-order valence-corrected chi connectivity index (χ1v) is 4.88. The molecule has 0 fully saturated rings. The Bertz CT molecular complexity index is 456. The number of aromatic nitrogens is 2. The number of imidazole rings is 1. The number of benzene rings is 1. The minimum Gasteiger partial charge on any atom is -0.347 e. The fourth-order valence-corrected chi connectivity index (χ4v) is 1.55. The summed E-state index contributed by atoms with van der Waals surface area (Å²) in [7, 11) is 0. The number of H-pyrrole nitrogens is 1. The van der Waals surface area contributed by atoms with Crippen molar-refractivity contribution in [3.8, 4) is 0 Å². The highest BCUT2D eigenvalue weighted by Crippen LogP contribution is 2.15. The van der Waals surface area contributed by atoms with E-state index >= 15 is 0 Å². The van der Waals surface area contributed by atoms with Crippen LogP contribution in [0.4, 0.5) is 0 Å². The summed E-state index contributed by atoms with van der Waals surface area (Å²) in [6.45, 7) is 3.40. The lowest BCUT2D eigenvalue weighted by molar-refractivity contribution is -0.119. The number of fused-ring (bicyclic) bond motifs is 1. The van der Waals surface area contributed by atoms with Crippen molar-refractivity contribution in [3.63, 3.8) is 0 Å². The van der Waals surface area contributed by atoms with Gasteiger partial charge in [-0.05, 0) is 19.1 Å². The quantitative estimate of drug-likeness (QED) is 0.781. The summed E-state index contributed by atoms with van der Waals surface area (Å²) in [4.78, 5) is 18.5. The van der Waals surface area contributed by atoms with Crippen LogP contribution in [0.15, 0.2) is 24.3 Å². The van der Waals surface area contributed by atoms with Crippen LogP contribution in [-0.2, 0) is 4.79 Å². The van der Waals surface area contributed by atoms with Gasteiger partial charge in [-0.25, -0.2) is 4.98 Å². The Hall–Kier alpha value is -1.84. The highest BCUT2D eigenvalue weighted by atomic mass is 16.1. The van der Waals surface area contributed by atoms with Crippen molar-refractivity contribution in [1.82, 2.24) is 15.3 Å². The van der Waals surface area contributed by atoms with Crippen LogP contribution in [-0.4, -0.2) is 15.9 Å². The molecule has 78 valence electrons. The van der Waals surface area contributed by atoms with Gasteiger partial charge in [-0.2, -0.15) is 0 Å². The van der Waals surface area contributed by atoms with Crippen molar-refractivity contribution in [2.75, 3.05) is 0 Å². The van der Waals surface area contributed by atoms with E-state index in [2.05, 4.69) is 15.3 Å². The molecule has 1 heterocycles. The van der Waals surface area contributed by atoms with E-state index in [1.54, 1.807) is 0 Å². The number of para-hydroxylation sites is 2. The first-order chi connectivity index (χ1) is 7.16. The van der Waals surface area contributed by atoms with Crippen molar-refractivity contribution in [1.29, 1.82) is 0 Å². The molecular weight excluding hydrogens is 190 g/mol. The second kappa shape index (κ2) is 3.73. The summed E-state index contributed by atoms with van der Waals surface area (Å²) in [5.74, 6) is 0.731. The Kier molecular flexibility index (Phi) is 2.41. The number of hydrogen-bond donors (Lipinski definition) is 2. The Morgan fingerprint density at radius 3 is 2.87 bits per heavy atom. The summed E-state index contributed by atoms with van der Waals surface area (Å²) >= 11 is 0. The molecule has 0 radical (unpaired) electrons. The van der Waals surface area contributed by atoms with Gasteiger partial charge < -0.3 is 10.3 Å². The number of nitrogens with zero attached hydrogens (tertiary/aromatic N) is 1. The molecule has 1 aromatic carbocycles. The number of aromatic amines is 1. The van der Waals surface area contributed by atoms with E-state index in [9.17, 15) is 4.79 Å². The van der Waals surface area contributed by atoms with Crippen LogP contribution in [0.2, 0.25) is 0 Å². The summed E-state index contributed by atoms with van der Waals surface area (Å²) in [6.07, 6.45) is 0. The Morgan fingerprint density at radius 2 is 2.20 bits per heavy atom. The van der Waals surface area contributed by atoms with Gasteiger partial charge in [0, 0.05) is 6.92 Å². The second-order valence-electron chi connectivity index (χ2n) is 3.56. The molecule has 0 unspecified atom stereocenters. The minimum absolute atomic E-state index is 0.0528. The molecule has 0 saturated heterocycles. The predicted molar refractivity (Wildman–Crippen MR) is 58.3 cm³/mol. The van der Waals surface area contributed by atoms with Crippen LogP contribution >= 0.6 is 0 Å². The minimum atomic E-state index is -0.0881. The molecule has 0 aliphatic heterocycles. The van der Waals surface area contributed by atoms with Gasteiger partial charge in [-0.3, -0.25) is 4.79 Å². The van der Waals surface area contributed by atoms with Gasteiger partial charge in [-0.1, -0.05) is 12.1 Å². The van der Waals surface area contributed by atoms with Gasteiger partial charge in [0.1, 0.15) is 5.82 Å². The molecule has 1 atom stereocenters. The Labute approximate surface area is 87.7 Å². The molecule has 0 saturated carbocycles. The van der Waals surface area contributed by atoms with E-state index in [-0.39, 0.29) is 11.9 Å². The lowest BCUT2D eigenvalue weighted by Gasteiger charge is -2.08. The molecule has 15 heavy (non-hydrogen) atoms. The van der Waals surface area contributed by atoms with Crippen molar-refractivity contribution in [2.45, 2.75) is 19.9 Å². The third-order valence-corrected chi connectivity index (χ3v) is 2.24. The molecule has 1 amide bonds.